The number of hydrogen-bond acceptors (Lipinski definition) is 2. The van der Waals surface area contributed by atoms with Crippen LogP contribution in [-0.2, 0) is 22.6 Å². The lowest BCUT2D eigenvalue weighted by atomic mass is 10.1. The quantitative estimate of drug-likeness (QED) is 0.642. The van der Waals surface area contributed by atoms with Crippen molar-refractivity contribution in [3.8, 4) is 0 Å². The summed E-state index contributed by atoms with van der Waals surface area (Å²) in [6.07, 6.45) is 0.791. The third-order valence-corrected chi connectivity index (χ3v) is 5.03. The van der Waals surface area contributed by atoms with Crippen molar-refractivity contribution in [1.29, 1.82) is 0 Å². The Labute approximate surface area is 179 Å². The number of halogens is 1. The molecule has 2 aromatic carbocycles. The number of rotatable bonds is 9. The minimum Gasteiger partial charge on any atom is -0.354 e. The molecule has 0 aliphatic carbocycles. The van der Waals surface area contributed by atoms with Gasteiger partial charge in [-0.05, 0) is 42.5 Å². The summed E-state index contributed by atoms with van der Waals surface area (Å²) >= 11 is 5.96. The van der Waals surface area contributed by atoms with Crippen molar-refractivity contribution in [3.05, 3.63) is 70.2 Å². The van der Waals surface area contributed by atoms with Crippen LogP contribution in [0.2, 0.25) is 5.02 Å². The maximum atomic E-state index is 13.2. The summed E-state index contributed by atoms with van der Waals surface area (Å²) in [4.78, 5) is 27.8. The lowest BCUT2D eigenvalue weighted by Gasteiger charge is -2.31. The van der Waals surface area contributed by atoms with E-state index in [1.165, 1.54) is 0 Å². The van der Waals surface area contributed by atoms with E-state index in [0.29, 0.717) is 30.5 Å². The second-order valence-corrected chi connectivity index (χ2v) is 8.31. The zero-order chi connectivity index (χ0) is 21.4. The zero-order valence-electron chi connectivity index (χ0n) is 17.7. The molecule has 5 heteroatoms. The number of nitrogens with one attached hydrogen (secondary N) is 1. The van der Waals surface area contributed by atoms with Crippen molar-refractivity contribution in [2.75, 3.05) is 6.54 Å². The monoisotopic (exact) mass is 414 g/mol. The molecule has 0 saturated carbocycles. The third-order valence-electron chi connectivity index (χ3n) is 4.77. The summed E-state index contributed by atoms with van der Waals surface area (Å²) in [6.45, 7) is 9.07. The van der Waals surface area contributed by atoms with Gasteiger partial charge in [0.25, 0.3) is 0 Å². The minimum absolute atomic E-state index is 0.0691. The summed E-state index contributed by atoms with van der Waals surface area (Å²) in [5.74, 6) is 0.185. The van der Waals surface area contributed by atoms with Gasteiger partial charge in [-0.1, -0.05) is 74.3 Å². The van der Waals surface area contributed by atoms with Crippen LogP contribution in [0.25, 0.3) is 0 Å². The molecule has 1 atom stereocenters. The number of carbonyl (C=O) groups is 2. The molecule has 156 valence electrons. The van der Waals surface area contributed by atoms with Crippen LogP contribution < -0.4 is 5.32 Å². The molecular weight excluding hydrogens is 384 g/mol. The second-order valence-electron chi connectivity index (χ2n) is 7.88. The SMILES string of the molecule is CC[C@@H](C(=O)NCC(C)C)N(Cc1cccc(C)c1)C(=O)Cc1ccc(Cl)cc1. The average molecular weight is 415 g/mol. The Morgan fingerprint density at radius 3 is 2.34 bits per heavy atom. The first kappa shape index (κ1) is 23.0. The van der Waals surface area contributed by atoms with Gasteiger partial charge in [0.05, 0.1) is 6.42 Å². The van der Waals surface area contributed by atoms with Crippen LogP contribution >= 0.6 is 11.6 Å². The highest BCUT2D eigenvalue weighted by Gasteiger charge is 2.28. The van der Waals surface area contributed by atoms with E-state index in [-0.39, 0.29) is 18.2 Å². The van der Waals surface area contributed by atoms with E-state index in [1.807, 2.05) is 44.2 Å². The number of hydrogen-bond donors (Lipinski definition) is 1. The van der Waals surface area contributed by atoms with Crippen LogP contribution in [0.1, 0.15) is 43.9 Å². The summed E-state index contributed by atoms with van der Waals surface area (Å²) in [6, 6.07) is 14.8. The fraction of sp³-hybridized carbons (Fsp3) is 0.417. The smallest absolute Gasteiger partial charge is 0.242 e. The Morgan fingerprint density at radius 1 is 1.07 bits per heavy atom. The van der Waals surface area contributed by atoms with E-state index in [1.54, 1.807) is 17.0 Å². The van der Waals surface area contributed by atoms with Gasteiger partial charge in [0, 0.05) is 18.1 Å². The molecule has 0 aliphatic rings. The van der Waals surface area contributed by atoms with Crippen LogP contribution in [0.5, 0.6) is 0 Å². The van der Waals surface area contributed by atoms with E-state index in [4.69, 9.17) is 11.6 Å². The Kier molecular flexibility index (Phi) is 8.71. The van der Waals surface area contributed by atoms with Gasteiger partial charge < -0.3 is 10.2 Å². The van der Waals surface area contributed by atoms with E-state index in [9.17, 15) is 9.59 Å². The number of carbonyl (C=O) groups excluding carboxylic acids is 2. The van der Waals surface area contributed by atoms with Crippen LogP contribution in [-0.4, -0.2) is 29.3 Å². The van der Waals surface area contributed by atoms with Crippen molar-refractivity contribution >= 4 is 23.4 Å². The van der Waals surface area contributed by atoms with E-state index >= 15 is 0 Å². The van der Waals surface area contributed by atoms with Crippen LogP contribution in [0.4, 0.5) is 0 Å². The van der Waals surface area contributed by atoms with Gasteiger partial charge in [-0.2, -0.15) is 0 Å². The average Bonchev–Trinajstić information content (AvgIpc) is 2.68. The van der Waals surface area contributed by atoms with Crippen molar-refractivity contribution in [3.63, 3.8) is 0 Å². The van der Waals surface area contributed by atoms with Gasteiger partial charge >= 0.3 is 0 Å². The molecule has 0 aromatic heterocycles. The van der Waals surface area contributed by atoms with E-state index < -0.39 is 6.04 Å². The number of benzene rings is 2. The largest absolute Gasteiger partial charge is 0.354 e. The normalized spacial score (nSPS) is 11.9. The fourth-order valence-electron chi connectivity index (χ4n) is 3.23. The number of amides is 2. The first-order chi connectivity index (χ1) is 13.8. The first-order valence-electron chi connectivity index (χ1n) is 10.2. The summed E-state index contributed by atoms with van der Waals surface area (Å²) in [5.41, 5.74) is 3.03. The molecule has 29 heavy (non-hydrogen) atoms. The molecule has 2 rings (SSSR count). The van der Waals surface area contributed by atoms with Crippen molar-refractivity contribution in [2.24, 2.45) is 5.92 Å². The van der Waals surface area contributed by atoms with E-state index in [0.717, 1.165) is 16.7 Å². The second kappa shape index (κ2) is 11.0. The summed E-state index contributed by atoms with van der Waals surface area (Å²) in [7, 11) is 0. The van der Waals surface area contributed by atoms with Gasteiger partial charge in [-0.25, -0.2) is 0 Å². The fourth-order valence-corrected chi connectivity index (χ4v) is 3.35. The third kappa shape index (κ3) is 7.21. The first-order valence-corrected chi connectivity index (χ1v) is 10.5. The molecule has 0 fully saturated rings. The standard InChI is InChI=1S/C24H31ClN2O2/c1-5-22(24(29)26-15-17(2)3)27(16-20-8-6-7-18(4)13-20)23(28)14-19-9-11-21(25)12-10-19/h6-13,17,22H,5,14-16H2,1-4H3,(H,26,29)/t22-/m0/s1. The van der Waals surface area contributed by atoms with Crippen LogP contribution in [0, 0.1) is 12.8 Å². The van der Waals surface area contributed by atoms with Gasteiger partial charge in [0.15, 0.2) is 0 Å². The van der Waals surface area contributed by atoms with Gasteiger partial charge in [-0.15, -0.1) is 0 Å². The van der Waals surface area contributed by atoms with Gasteiger partial charge in [0.1, 0.15) is 6.04 Å². The number of aryl methyl sites for hydroxylation is 1. The van der Waals surface area contributed by atoms with Crippen molar-refractivity contribution in [2.45, 2.75) is 53.1 Å². The zero-order valence-corrected chi connectivity index (χ0v) is 18.5. The van der Waals surface area contributed by atoms with Crippen LogP contribution in [0.3, 0.4) is 0 Å². The van der Waals surface area contributed by atoms with Gasteiger partial charge in [-0.3, -0.25) is 9.59 Å². The Balaban J connectivity index is 2.25. The lowest BCUT2D eigenvalue weighted by molar-refractivity contribution is -0.141. The molecule has 0 spiro atoms. The lowest BCUT2D eigenvalue weighted by Crippen LogP contribution is -2.50. The molecule has 2 aromatic rings. The molecule has 1 N–H and O–H groups in total. The maximum absolute atomic E-state index is 13.2. The predicted octanol–water partition coefficient (Wildman–Crippen LogP) is 4.77. The number of nitrogens with zero attached hydrogens (tertiary/aromatic N) is 1. The van der Waals surface area contributed by atoms with Crippen molar-refractivity contribution < 1.29 is 9.59 Å². The molecular formula is C24H31ClN2O2. The van der Waals surface area contributed by atoms with Crippen molar-refractivity contribution in [1.82, 2.24) is 10.2 Å². The Morgan fingerprint density at radius 2 is 1.76 bits per heavy atom. The highest BCUT2D eigenvalue weighted by atomic mass is 35.5. The molecule has 0 radical (unpaired) electrons. The molecule has 0 unspecified atom stereocenters. The highest BCUT2D eigenvalue weighted by Crippen LogP contribution is 2.17. The predicted molar refractivity (Wildman–Crippen MR) is 119 cm³/mol. The van der Waals surface area contributed by atoms with E-state index in [2.05, 4.69) is 25.2 Å². The Hall–Kier alpha value is -2.33. The molecule has 0 bridgehead atoms. The van der Waals surface area contributed by atoms with Gasteiger partial charge in [0.2, 0.25) is 11.8 Å². The molecule has 0 heterocycles. The highest BCUT2D eigenvalue weighted by molar-refractivity contribution is 6.30. The molecule has 0 aliphatic heterocycles. The maximum Gasteiger partial charge on any atom is 0.242 e. The molecule has 4 nitrogen and oxygen atoms in total. The topological polar surface area (TPSA) is 49.4 Å². The van der Waals surface area contributed by atoms with Crippen LogP contribution in [0.15, 0.2) is 48.5 Å². The summed E-state index contributed by atoms with van der Waals surface area (Å²) < 4.78 is 0. The molecule has 2 amide bonds. The molecule has 0 saturated heterocycles. The minimum atomic E-state index is -0.505. The summed E-state index contributed by atoms with van der Waals surface area (Å²) in [5, 5.41) is 3.62. The Bertz CT molecular complexity index is 818.